The highest BCUT2D eigenvalue weighted by atomic mass is 32.2. The number of benzene rings is 1. The maximum Gasteiger partial charge on any atom is 0.254 e. The van der Waals surface area contributed by atoms with E-state index >= 15 is 0 Å². The molecule has 0 unspecified atom stereocenters. The highest BCUT2D eigenvalue weighted by Crippen LogP contribution is 2.19. The van der Waals surface area contributed by atoms with Crippen LogP contribution in [0.4, 0.5) is 4.39 Å². The Morgan fingerprint density at radius 3 is 2.72 bits per heavy atom. The predicted octanol–water partition coefficient (Wildman–Crippen LogP) is 2.47. The molecule has 7 nitrogen and oxygen atoms in total. The molecule has 1 fully saturated rings. The number of carbonyl (C=O) groups excluding carboxylic acids is 2. The fourth-order valence-corrected chi connectivity index (χ4v) is 4.10. The van der Waals surface area contributed by atoms with Crippen molar-refractivity contribution in [1.29, 1.82) is 0 Å². The van der Waals surface area contributed by atoms with E-state index in [1.54, 1.807) is 12.1 Å². The van der Waals surface area contributed by atoms with Crippen molar-refractivity contribution < 1.29 is 14.0 Å². The fraction of sp³-hybridized carbons (Fsp3) is 0.500. The SMILES string of the molecule is Cn1c(CCNC(=O)c2ccccc2F)nnc1SCC(=O)NC1CCCCC1. The molecule has 1 heterocycles. The molecule has 2 N–H and O–H groups in total. The van der Waals surface area contributed by atoms with Crippen LogP contribution in [-0.2, 0) is 18.3 Å². The largest absolute Gasteiger partial charge is 0.353 e. The summed E-state index contributed by atoms with van der Waals surface area (Å²) < 4.78 is 15.4. The number of rotatable bonds is 8. The van der Waals surface area contributed by atoms with Crippen LogP contribution in [0.3, 0.4) is 0 Å². The Morgan fingerprint density at radius 2 is 1.97 bits per heavy atom. The number of amides is 2. The van der Waals surface area contributed by atoms with Crippen LogP contribution in [0.25, 0.3) is 0 Å². The normalized spacial score (nSPS) is 14.6. The Hall–Kier alpha value is -2.42. The number of thioether (sulfide) groups is 1. The maximum absolute atomic E-state index is 13.6. The number of aromatic nitrogens is 3. The second-order valence-electron chi connectivity index (χ2n) is 7.13. The van der Waals surface area contributed by atoms with Crippen molar-refractivity contribution >= 4 is 23.6 Å². The van der Waals surface area contributed by atoms with Gasteiger partial charge >= 0.3 is 0 Å². The third kappa shape index (κ3) is 6.03. The van der Waals surface area contributed by atoms with Gasteiger partial charge in [-0.15, -0.1) is 10.2 Å². The molecule has 1 aliphatic rings. The van der Waals surface area contributed by atoms with Crippen LogP contribution in [0.2, 0.25) is 0 Å². The van der Waals surface area contributed by atoms with E-state index in [1.807, 2.05) is 11.6 Å². The summed E-state index contributed by atoms with van der Waals surface area (Å²) in [5.74, 6) is -0.00215. The first-order valence-electron chi connectivity index (χ1n) is 9.87. The molecule has 29 heavy (non-hydrogen) atoms. The molecule has 1 saturated carbocycles. The molecule has 3 rings (SSSR count). The van der Waals surface area contributed by atoms with Crippen molar-refractivity contribution in [3.05, 3.63) is 41.5 Å². The Kier molecular flexibility index (Phi) is 7.62. The van der Waals surface area contributed by atoms with Crippen molar-refractivity contribution in [1.82, 2.24) is 25.4 Å². The second-order valence-corrected chi connectivity index (χ2v) is 8.08. The lowest BCUT2D eigenvalue weighted by Crippen LogP contribution is -2.37. The van der Waals surface area contributed by atoms with E-state index in [0.717, 1.165) is 12.8 Å². The van der Waals surface area contributed by atoms with Gasteiger partial charge in [0.25, 0.3) is 5.91 Å². The van der Waals surface area contributed by atoms with E-state index in [4.69, 9.17) is 0 Å². The highest BCUT2D eigenvalue weighted by Gasteiger charge is 2.17. The van der Waals surface area contributed by atoms with Crippen molar-refractivity contribution in [2.45, 2.75) is 49.7 Å². The van der Waals surface area contributed by atoms with E-state index in [1.165, 1.54) is 43.2 Å². The quantitative estimate of drug-likeness (QED) is 0.642. The van der Waals surface area contributed by atoms with Gasteiger partial charge in [0.15, 0.2) is 5.16 Å². The molecule has 0 radical (unpaired) electrons. The maximum atomic E-state index is 13.6. The summed E-state index contributed by atoms with van der Waals surface area (Å²) in [5.41, 5.74) is 0.0192. The minimum absolute atomic E-state index is 0.0172. The molecule has 2 amide bonds. The van der Waals surface area contributed by atoms with Crippen LogP contribution >= 0.6 is 11.8 Å². The molecule has 0 aliphatic heterocycles. The number of hydrogen-bond acceptors (Lipinski definition) is 5. The first kappa shape index (κ1) is 21.3. The van der Waals surface area contributed by atoms with Gasteiger partial charge < -0.3 is 15.2 Å². The molecule has 0 saturated heterocycles. The summed E-state index contributed by atoms with van der Waals surface area (Å²) >= 11 is 1.34. The van der Waals surface area contributed by atoms with Crippen LogP contribution in [0, 0.1) is 5.82 Å². The molecule has 156 valence electrons. The summed E-state index contributed by atoms with van der Waals surface area (Å²) in [4.78, 5) is 24.2. The zero-order valence-corrected chi connectivity index (χ0v) is 17.3. The molecule has 0 spiro atoms. The number of nitrogens with one attached hydrogen (secondary N) is 2. The lowest BCUT2D eigenvalue weighted by atomic mass is 9.95. The number of halogens is 1. The predicted molar refractivity (Wildman–Crippen MR) is 109 cm³/mol. The van der Waals surface area contributed by atoms with Crippen molar-refractivity contribution in [2.24, 2.45) is 7.05 Å². The topological polar surface area (TPSA) is 88.9 Å². The minimum Gasteiger partial charge on any atom is -0.353 e. The first-order valence-corrected chi connectivity index (χ1v) is 10.9. The summed E-state index contributed by atoms with van der Waals surface area (Å²) in [7, 11) is 1.83. The Balaban J connectivity index is 1.43. The van der Waals surface area contributed by atoms with E-state index < -0.39 is 11.7 Å². The zero-order valence-electron chi connectivity index (χ0n) is 16.5. The third-order valence-corrected chi connectivity index (χ3v) is 6.00. The van der Waals surface area contributed by atoms with Gasteiger partial charge in [0, 0.05) is 26.1 Å². The lowest BCUT2D eigenvalue weighted by Gasteiger charge is -2.22. The van der Waals surface area contributed by atoms with E-state index in [2.05, 4.69) is 20.8 Å². The van der Waals surface area contributed by atoms with Gasteiger partial charge in [-0.05, 0) is 25.0 Å². The summed E-state index contributed by atoms with van der Waals surface area (Å²) in [6, 6.07) is 6.16. The van der Waals surface area contributed by atoms with E-state index in [-0.39, 0.29) is 11.5 Å². The van der Waals surface area contributed by atoms with Crippen LogP contribution < -0.4 is 10.6 Å². The van der Waals surface area contributed by atoms with Gasteiger partial charge in [0.1, 0.15) is 11.6 Å². The van der Waals surface area contributed by atoms with Crippen molar-refractivity contribution in [3.63, 3.8) is 0 Å². The number of hydrogen-bond donors (Lipinski definition) is 2. The molecule has 0 atom stereocenters. The van der Waals surface area contributed by atoms with Gasteiger partial charge in [-0.1, -0.05) is 43.2 Å². The summed E-state index contributed by atoms with van der Waals surface area (Å²) in [6.07, 6.45) is 6.19. The molecular weight excluding hydrogens is 393 g/mol. The average molecular weight is 420 g/mol. The second kappa shape index (κ2) is 10.4. The van der Waals surface area contributed by atoms with Gasteiger partial charge in [-0.3, -0.25) is 9.59 Å². The van der Waals surface area contributed by atoms with Crippen LogP contribution in [0.5, 0.6) is 0 Å². The zero-order chi connectivity index (χ0) is 20.6. The molecule has 9 heteroatoms. The van der Waals surface area contributed by atoms with E-state index in [9.17, 15) is 14.0 Å². The van der Waals surface area contributed by atoms with E-state index in [0.29, 0.717) is 35.7 Å². The standard InChI is InChI=1S/C20H26FN5O2S/c1-26-17(11-12-22-19(28)15-9-5-6-10-16(15)21)24-25-20(26)29-13-18(27)23-14-7-3-2-4-8-14/h5-6,9-10,14H,2-4,7-8,11-13H2,1H3,(H,22,28)(H,23,27). The van der Waals surface area contributed by atoms with Crippen molar-refractivity contribution in [3.8, 4) is 0 Å². The summed E-state index contributed by atoms with van der Waals surface area (Å²) in [5, 5.41) is 14.7. The molecule has 1 aromatic heterocycles. The van der Waals surface area contributed by atoms with Gasteiger partial charge in [0.05, 0.1) is 11.3 Å². The molecular formula is C20H26FN5O2S. The highest BCUT2D eigenvalue weighted by molar-refractivity contribution is 7.99. The van der Waals surface area contributed by atoms with Crippen LogP contribution in [0.15, 0.2) is 29.4 Å². The number of carbonyl (C=O) groups is 2. The van der Waals surface area contributed by atoms with Crippen LogP contribution in [-0.4, -0.2) is 44.9 Å². The average Bonchev–Trinajstić information content (AvgIpc) is 3.07. The fourth-order valence-electron chi connectivity index (χ4n) is 3.36. The van der Waals surface area contributed by atoms with Crippen molar-refractivity contribution in [2.75, 3.05) is 12.3 Å². The monoisotopic (exact) mass is 419 g/mol. The lowest BCUT2D eigenvalue weighted by molar-refractivity contribution is -0.119. The minimum atomic E-state index is -0.547. The third-order valence-electron chi connectivity index (χ3n) is 4.98. The van der Waals surface area contributed by atoms with Gasteiger partial charge in [-0.2, -0.15) is 0 Å². The van der Waals surface area contributed by atoms with Crippen LogP contribution in [0.1, 0.15) is 48.3 Å². The Morgan fingerprint density at radius 1 is 1.21 bits per heavy atom. The molecule has 1 aliphatic carbocycles. The molecule has 1 aromatic carbocycles. The van der Waals surface area contributed by atoms with Gasteiger partial charge in [0.2, 0.25) is 5.91 Å². The summed E-state index contributed by atoms with van der Waals surface area (Å²) in [6.45, 7) is 0.311. The smallest absolute Gasteiger partial charge is 0.254 e. The number of nitrogens with zero attached hydrogens (tertiary/aromatic N) is 3. The first-order chi connectivity index (χ1) is 14.0. The van der Waals surface area contributed by atoms with Gasteiger partial charge in [-0.25, -0.2) is 4.39 Å². The molecule has 2 aromatic rings. The molecule has 0 bridgehead atoms. The Bertz CT molecular complexity index is 851. The Labute approximate surface area is 173 Å².